The van der Waals surface area contributed by atoms with Gasteiger partial charge in [-0.1, -0.05) is 6.07 Å². The first-order valence-corrected chi connectivity index (χ1v) is 11.7. The summed E-state index contributed by atoms with van der Waals surface area (Å²) in [7, 11) is 0. The lowest BCUT2D eigenvalue weighted by Crippen LogP contribution is -2.43. The Balaban J connectivity index is 0.00000289. The average molecular weight is 501 g/mol. The highest BCUT2D eigenvalue weighted by Crippen LogP contribution is 2.30. The number of aromatic nitrogens is 1. The smallest absolute Gasteiger partial charge is 0.270 e. The lowest BCUT2D eigenvalue weighted by molar-refractivity contribution is -0.384. The van der Waals surface area contributed by atoms with Crippen molar-refractivity contribution < 1.29 is 14.4 Å². The molecule has 0 saturated carbocycles. The molecule has 2 aromatic carbocycles. The fourth-order valence-corrected chi connectivity index (χ4v) is 4.70. The van der Waals surface area contributed by atoms with Crippen LogP contribution in [0.15, 0.2) is 53.3 Å². The van der Waals surface area contributed by atoms with E-state index in [4.69, 9.17) is 9.47 Å². The molecule has 0 atom stereocenters. The number of hydrogen-bond acceptors (Lipinski definition) is 7. The predicted octanol–water partition coefficient (Wildman–Crippen LogP) is 3.36. The Labute approximate surface area is 209 Å². The Hall–Kier alpha value is -3.14. The van der Waals surface area contributed by atoms with E-state index in [1.807, 2.05) is 12.1 Å². The van der Waals surface area contributed by atoms with Gasteiger partial charge < -0.3 is 24.3 Å². The SMILES string of the molecule is Cl.O=c1ccc2cc([N+](=O)[O-])ccc2n1CCN1CCC(NCc2ccc3c(c2)OCCO3)CC1. The van der Waals surface area contributed by atoms with E-state index in [9.17, 15) is 14.9 Å². The van der Waals surface area contributed by atoms with Gasteiger partial charge in [0.1, 0.15) is 13.2 Å². The van der Waals surface area contributed by atoms with E-state index in [2.05, 4.69) is 16.3 Å². The molecule has 186 valence electrons. The highest BCUT2D eigenvalue weighted by atomic mass is 35.5. The molecule has 0 radical (unpaired) electrons. The number of non-ortho nitro benzene ring substituents is 1. The van der Waals surface area contributed by atoms with E-state index in [0.717, 1.165) is 56.0 Å². The molecule has 35 heavy (non-hydrogen) atoms. The maximum absolute atomic E-state index is 12.5. The number of fused-ring (bicyclic) bond motifs is 2. The van der Waals surface area contributed by atoms with E-state index >= 15 is 0 Å². The summed E-state index contributed by atoms with van der Waals surface area (Å²) in [6, 6.07) is 14.3. The minimum absolute atomic E-state index is 0. The number of pyridine rings is 1. The van der Waals surface area contributed by atoms with Gasteiger partial charge in [-0.2, -0.15) is 0 Å². The number of nitro groups is 1. The molecule has 1 aromatic heterocycles. The van der Waals surface area contributed by atoms with Gasteiger partial charge in [-0.15, -0.1) is 12.4 Å². The number of ether oxygens (including phenoxy) is 2. The minimum atomic E-state index is -0.416. The van der Waals surface area contributed by atoms with Gasteiger partial charge in [0, 0.05) is 49.3 Å². The molecular weight excluding hydrogens is 472 g/mol. The van der Waals surface area contributed by atoms with Gasteiger partial charge in [-0.3, -0.25) is 14.9 Å². The van der Waals surface area contributed by atoms with Crippen LogP contribution in [-0.4, -0.2) is 53.3 Å². The fraction of sp³-hybridized carbons (Fsp3) is 0.400. The number of likely N-dealkylation sites (tertiary alicyclic amines) is 1. The van der Waals surface area contributed by atoms with Crippen molar-refractivity contribution in [1.29, 1.82) is 0 Å². The third-order valence-corrected chi connectivity index (χ3v) is 6.61. The van der Waals surface area contributed by atoms with Crippen LogP contribution in [-0.2, 0) is 13.1 Å². The normalized spacial score (nSPS) is 16.1. The van der Waals surface area contributed by atoms with Crippen LogP contribution in [0.25, 0.3) is 10.9 Å². The number of rotatable bonds is 7. The largest absolute Gasteiger partial charge is 0.486 e. The monoisotopic (exact) mass is 500 g/mol. The summed E-state index contributed by atoms with van der Waals surface area (Å²) in [5.74, 6) is 1.63. The first-order valence-electron chi connectivity index (χ1n) is 11.7. The average Bonchev–Trinajstić information content (AvgIpc) is 2.87. The summed E-state index contributed by atoms with van der Waals surface area (Å²) < 4.78 is 13.0. The molecule has 2 aliphatic heterocycles. The van der Waals surface area contributed by atoms with Crippen molar-refractivity contribution in [2.75, 3.05) is 32.8 Å². The standard InChI is InChI=1S/C25H28N4O5.ClH/c30-25-6-2-19-16-21(29(31)32)3-4-22(19)28(25)12-11-27-9-7-20(8-10-27)26-17-18-1-5-23-24(15-18)34-14-13-33-23;/h1-6,15-16,20,26H,7-14,17H2;1H. The quantitative estimate of drug-likeness (QED) is 0.392. The Morgan fingerprint density at radius 1 is 0.971 bits per heavy atom. The molecule has 1 saturated heterocycles. The summed E-state index contributed by atoms with van der Waals surface area (Å²) in [5, 5.41) is 15.4. The Kier molecular flexibility index (Phi) is 7.90. The van der Waals surface area contributed by atoms with Crippen molar-refractivity contribution in [2.45, 2.75) is 32.0 Å². The Bertz CT molecular complexity index is 1260. The summed E-state index contributed by atoms with van der Waals surface area (Å²) in [4.78, 5) is 25.5. The minimum Gasteiger partial charge on any atom is -0.486 e. The second-order valence-electron chi connectivity index (χ2n) is 8.80. The van der Waals surface area contributed by atoms with Crippen molar-refractivity contribution >= 4 is 29.0 Å². The van der Waals surface area contributed by atoms with Crippen molar-refractivity contribution in [3.63, 3.8) is 0 Å². The molecule has 9 nitrogen and oxygen atoms in total. The van der Waals surface area contributed by atoms with Crippen molar-refractivity contribution in [3.8, 4) is 11.5 Å². The summed E-state index contributed by atoms with van der Waals surface area (Å²) in [6.45, 7) is 5.23. The molecule has 0 amide bonds. The molecule has 0 bridgehead atoms. The van der Waals surface area contributed by atoms with Crippen molar-refractivity contribution in [1.82, 2.24) is 14.8 Å². The lowest BCUT2D eigenvalue weighted by atomic mass is 10.0. The molecule has 2 aliphatic rings. The zero-order valence-electron chi connectivity index (χ0n) is 19.4. The van der Waals surface area contributed by atoms with Crippen molar-refractivity contribution in [3.05, 3.63) is 74.6 Å². The molecule has 1 fully saturated rings. The molecule has 0 aliphatic carbocycles. The number of piperidine rings is 1. The highest BCUT2D eigenvalue weighted by Gasteiger charge is 2.20. The molecule has 1 N–H and O–H groups in total. The second-order valence-corrected chi connectivity index (χ2v) is 8.80. The van der Waals surface area contributed by atoms with Gasteiger partial charge in [-0.25, -0.2) is 0 Å². The molecule has 0 spiro atoms. The Morgan fingerprint density at radius 2 is 1.74 bits per heavy atom. The molecule has 5 rings (SSSR count). The van der Waals surface area contributed by atoms with Crippen LogP contribution in [0.5, 0.6) is 11.5 Å². The van der Waals surface area contributed by atoms with Crippen LogP contribution in [0.2, 0.25) is 0 Å². The molecule has 10 heteroatoms. The number of benzene rings is 2. The van der Waals surface area contributed by atoms with Gasteiger partial charge >= 0.3 is 0 Å². The van der Waals surface area contributed by atoms with Gasteiger partial charge in [0.05, 0.1) is 10.4 Å². The zero-order valence-corrected chi connectivity index (χ0v) is 20.2. The number of halogens is 1. The van der Waals surface area contributed by atoms with Gasteiger partial charge in [0.15, 0.2) is 11.5 Å². The zero-order chi connectivity index (χ0) is 23.5. The maximum atomic E-state index is 12.5. The van der Waals surface area contributed by atoms with E-state index < -0.39 is 4.92 Å². The molecular formula is C25H29ClN4O5. The number of nitrogens with one attached hydrogen (secondary N) is 1. The van der Waals surface area contributed by atoms with Gasteiger partial charge in [0.25, 0.3) is 11.2 Å². The summed E-state index contributed by atoms with van der Waals surface area (Å²) in [5.41, 5.74) is 1.86. The number of nitrogens with zero attached hydrogens (tertiary/aromatic N) is 3. The highest BCUT2D eigenvalue weighted by molar-refractivity contribution is 5.85. The van der Waals surface area contributed by atoms with Crippen LogP contribution in [0.4, 0.5) is 5.69 Å². The van der Waals surface area contributed by atoms with E-state index in [0.29, 0.717) is 31.2 Å². The van der Waals surface area contributed by atoms with Crippen molar-refractivity contribution in [2.24, 2.45) is 0 Å². The molecule has 0 unspecified atom stereocenters. The van der Waals surface area contributed by atoms with Crippen LogP contribution in [0, 0.1) is 10.1 Å². The summed E-state index contributed by atoms with van der Waals surface area (Å²) >= 11 is 0. The van der Waals surface area contributed by atoms with E-state index in [1.165, 1.54) is 23.8 Å². The number of nitro benzene ring substituents is 1. The first kappa shape index (κ1) is 25.0. The predicted molar refractivity (Wildman–Crippen MR) is 136 cm³/mol. The van der Waals surface area contributed by atoms with Crippen LogP contribution in [0.1, 0.15) is 18.4 Å². The number of hydrogen-bond donors (Lipinski definition) is 1. The lowest BCUT2D eigenvalue weighted by Gasteiger charge is -2.32. The third-order valence-electron chi connectivity index (χ3n) is 6.61. The first-order chi connectivity index (χ1) is 16.6. The van der Waals surface area contributed by atoms with Gasteiger partial charge in [-0.05, 0) is 55.8 Å². The summed E-state index contributed by atoms with van der Waals surface area (Å²) in [6.07, 6.45) is 2.09. The topological polar surface area (TPSA) is 98.9 Å². The molecule has 3 aromatic rings. The second kappa shape index (κ2) is 11.1. The molecule has 3 heterocycles. The van der Waals surface area contributed by atoms with E-state index in [-0.39, 0.29) is 23.7 Å². The van der Waals surface area contributed by atoms with Crippen LogP contribution < -0.4 is 20.3 Å². The maximum Gasteiger partial charge on any atom is 0.270 e. The van der Waals surface area contributed by atoms with Gasteiger partial charge in [0.2, 0.25) is 0 Å². The van der Waals surface area contributed by atoms with E-state index in [1.54, 1.807) is 16.7 Å². The van der Waals surface area contributed by atoms with Crippen LogP contribution in [0.3, 0.4) is 0 Å². The Morgan fingerprint density at radius 3 is 2.51 bits per heavy atom. The van der Waals surface area contributed by atoms with Crippen LogP contribution >= 0.6 is 12.4 Å². The fourth-order valence-electron chi connectivity index (χ4n) is 4.70. The third kappa shape index (κ3) is 5.75.